The van der Waals surface area contributed by atoms with Crippen molar-refractivity contribution >= 4 is 70.8 Å². The molecule has 50 valence electrons. The lowest BCUT2D eigenvalue weighted by Crippen LogP contribution is -2.53. The van der Waals surface area contributed by atoms with Crippen molar-refractivity contribution in [1.82, 2.24) is 0 Å². The van der Waals surface area contributed by atoms with Crippen LogP contribution in [-0.4, -0.2) is 70.8 Å². The molecular formula is H18Si8. The Bertz CT molecular complexity index is 54.9. The van der Waals surface area contributed by atoms with Crippen molar-refractivity contribution in [2.24, 2.45) is 0 Å². The third kappa shape index (κ3) is 7.74. The standard InChI is InChI=1S/H18Si8/c1-7(2)6-8(3,4)5/h7H,6H2,1-5H3. The molecule has 0 N–H and O–H groups in total. The highest BCUT2D eigenvalue weighted by Crippen LogP contribution is 1.77. The first-order chi connectivity index (χ1) is 3.42. The predicted octanol–water partition coefficient (Wildman–Crippen LogP) is -7.86. The van der Waals surface area contributed by atoms with Gasteiger partial charge in [-0.15, -0.1) is 0 Å². The maximum Gasteiger partial charge on any atom is -0.00628 e. The molecule has 0 heterocycles. The van der Waals surface area contributed by atoms with Crippen molar-refractivity contribution in [2.45, 2.75) is 0 Å². The van der Waals surface area contributed by atoms with Crippen molar-refractivity contribution in [3.05, 3.63) is 0 Å². The molecule has 0 fully saturated rings. The third-order valence-electron chi connectivity index (χ3n) is 1.02. The summed E-state index contributed by atoms with van der Waals surface area (Å²) in [5.41, 5.74) is 0. The summed E-state index contributed by atoms with van der Waals surface area (Å²) in [5, 5.41) is 0. The molecule has 0 aromatic rings. The Balaban J connectivity index is 3.39. The second-order valence-electron chi connectivity index (χ2n) is 4.16. The second-order valence-corrected chi connectivity index (χ2v) is 112. The maximum absolute atomic E-state index is 1.73. The zero-order valence-corrected chi connectivity index (χ0v) is 20.4. The molecule has 0 saturated heterocycles. The van der Waals surface area contributed by atoms with Crippen LogP contribution in [0.25, 0.3) is 0 Å². The minimum absolute atomic E-state index is 0.0336. The van der Waals surface area contributed by atoms with Crippen molar-refractivity contribution in [3.63, 3.8) is 0 Å². The van der Waals surface area contributed by atoms with Crippen LogP contribution < -0.4 is 0 Å². The first-order valence-electron chi connectivity index (χ1n) is 3.42. The fourth-order valence-electron chi connectivity index (χ4n) is 1.22. The number of hydrogen-bond acceptors (Lipinski definition) is 0. The van der Waals surface area contributed by atoms with Crippen molar-refractivity contribution in [3.8, 4) is 0 Å². The summed E-state index contributed by atoms with van der Waals surface area (Å²) >= 11 is 0. The van der Waals surface area contributed by atoms with E-state index in [1.807, 2.05) is 0 Å². The minimum atomic E-state index is -0.0336. The molecule has 0 aromatic heterocycles. The van der Waals surface area contributed by atoms with Crippen molar-refractivity contribution in [1.29, 1.82) is 0 Å². The van der Waals surface area contributed by atoms with Crippen LogP contribution in [0.1, 0.15) is 0 Å². The molecule has 0 atom stereocenters. The monoisotopic (exact) mass is 242 g/mol. The number of rotatable bonds is 2. The van der Waals surface area contributed by atoms with Crippen LogP contribution in [0.3, 0.4) is 0 Å². The molecule has 0 amide bonds. The molecule has 0 rings (SSSR count). The van der Waals surface area contributed by atoms with Gasteiger partial charge in [0.2, 0.25) is 0 Å². The van der Waals surface area contributed by atoms with Gasteiger partial charge in [-0.25, -0.2) is 0 Å². The molecular weight excluding hydrogens is 225 g/mol. The second kappa shape index (κ2) is 3.80. The summed E-state index contributed by atoms with van der Waals surface area (Å²) in [5.74, 6) is 0. The summed E-state index contributed by atoms with van der Waals surface area (Å²) in [6.45, 7) is 0. The molecule has 0 radical (unpaired) electrons. The zero-order chi connectivity index (χ0) is 6.78. The molecule has 0 bridgehead atoms. The Morgan fingerprint density at radius 2 is 1.50 bits per heavy atom. The highest BCUT2D eigenvalue weighted by molar-refractivity contribution is 7.91. The van der Waals surface area contributed by atoms with Crippen molar-refractivity contribution in [2.75, 3.05) is 0 Å². The molecule has 0 saturated carbocycles. The van der Waals surface area contributed by atoms with Crippen LogP contribution in [0.15, 0.2) is 0 Å². The lowest BCUT2D eigenvalue weighted by atomic mass is 25.9. The summed E-state index contributed by atoms with van der Waals surface area (Å²) in [6, 6.07) is 0. The van der Waals surface area contributed by atoms with Crippen LogP contribution in [0.5, 0.6) is 0 Å². The van der Waals surface area contributed by atoms with Gasteiger partial charge in [0.05, 0.1) is 0 Å². The van der Waals surface area contributed by atoms with E-state index in [4.69, 9.17) is 0 Å². The Morgan fingerprint density at radius 3 is 1.50 bits per heavy atom. The SMILES string of the molecule is [SiH3][SiH]([SiH3])[SiH2][Si]([SiH3])([SiH3])[SiH3]. The lowest BCUT2D eigenvalue weighted by Gasteiger charge is -2.16. The van der Waals surface area contributed by atoms with Gasteiger partial charge < -0.3 is 0 Å². The first-order valence-corrected chi connectivity index (χ1v) is 30.7. The third-order valence-corrected chi connectivity index (χ3v) is 82.7. The van der Waals surface area contributed by atoms with Gasteiger partial charge >= 0.3 is 0 Å². The molecule has 0 aliphatic rings. The quantitative estimate of drug-likeness (QED) is 0.422. The van der Waals surface area contributed by atoms with E-state index in [0.29, 0.717) is 0 Å². The van der Waals surface area contributed by atoms with Gasteiger partial charge in [-0.3, -0.25) is 0 Å². The average molecular weight is 243 g/mol. The van der Waals surface area contributed by atoms with Gasteiger partial charge in [0.1, 0.15) is 0 Å². The molecule has 0 aromatic carbocycles. The van der Waals surface area contributed by atoms with Gasteiger partial charge in [0, 0.05) is 0 Å². The van der Waals surface area contributed by atoms with E-state index < -0.39 is 0 Å². The van der Waals surface area contributed by atoms with E-state index in [0.717, 1.165) is 8.55 Å². The Hall–Kier alpha value is 1.74. The molecule has 0 unspecified atom stereocenters. The Kier molecular flexibility index (Phi) is 4.62. The molecule has 0 spiro atoms. The lowest BCUT2D eigenvalue weighted by molar-refractivity contribution is 3.61. The van der Waals surface area contributed by atoms with E-state index in [-0.39, 0.29) is 13.5 Å². The summed E-state index contributed by atoms with van der Waals surface area (Å²) in [7, 11) is 9.67. The topological polar surface area (TPSA) is 0 Å². The molecule has 8 heavy (non-hydrogen) atoms. The minimum Gasteiger partial charge on any atom is -0.0115 e. The van der Waals surface area contributed by atoms with E-state index >= 15 is 0 Å². The van der Waals surface area contributed by atoms with E-state index in [1.165, 1.54) is 0 Å². The predicted molar refractivity (Wildman–Crippen MR) is 71.1 cm³/mol. The fraction of sp³-hybridized carbons (Fsp3) is 0. The highest BCUT2D eigenvalue weighted by Gasteiger charge is 2.14. The largest absolute Gasteiger partial charge is 0.0115 e. The summed E-state index contributed by atoms with van der Waals surface area (Å²) in [4.78, 5) is 0. The Morgan fingerprint density at radius 1 is 1.12 bits per heavy atom. The maximum atomic E-state index is 1.73. The zero-order valence-electron chi connectivity index (χ0n) is 6.78. The van der Waals surface area contributed by atoms with Crippen LogP contribution in [0.4, 0.5) is 0 Å². The van der Waals surface area contributed by atoms with E-state index in [9.17, 15) is 0 Å². The molecule has 0 nitrogen and oxygen atoms in total. The molecule has 0 aliphatic heterocycles. The van der Waals surface area contributed by atoms with Gasteiger partial charge in [0.15, 0.2) is 0 Å². The van der Waals surface area contributed by atoms with Gasteiger partial charge in [-0.2, -0.15) is 0 Å². The van der Waals surface area contributed by atoms with E-state index in [1.54, 1.807) is 48.8 Å². The normalized spacial score (nSPS) is 25.5. The van der Waals surface area contributed by atoms with Crippen LogP contribution in [0, 0.1) is 0 Å². The van der Waals surface area contributed by atoms with Crippen LogP contribution in [0.2, 0.25) is 0 Å². The molecule has 0 aliphatic carbocycles. The fourth-order valence-corrected chi connectivity index (χ4v) is 298. The van der Waals surface area contributed by atoms with Gasteiger partial charge in [0.25, 0.3) is 0 Å². The van der Waals surface area contributed by atoms with Crippen molar-refractivity contribution < 1.29 is 0 Å². The number of hydrogen-bond donors (Lipinski definition) is 0. The average Bonchev–Trinajstić information content (AvgIpc) is 1.21. The smallest absolute Gasteiger partial charge is 0.00628 e. The first kappa shape index (κ1) is 9.74. The summed E-state index contributed by atoms with van der Waals surface area (Å²) in [6.07, 6.45) is -0.0336. The Labute approximate surface area is 70.7 Å². The van der Waals surface area contributed by atoms with Gasteiger partial charge in [-0.05, 0) is 70.8 Å². The molecule has 8 heteroatoms. The van der Waals surface area contributed by atoms with Gasteiger partial charge in [-0.1, -0.05) is 0 Å². The van der Waals surface area contributed by atoms with Crippen LogP contribution >= 0.6 is 0 Å². The highest BCUT2D eigenvalue weighted by atomic mass is 30.2. The van der Waals surface area contributed by atoms with E-state index in [2.05, 4.69) is 0 Å². The van der Waals surface area contributed by atoms with Crippen LogP contribution in [-0.2, 0) is 0 Å². The summed E-state index contributed by atoms with van der Waals surface area (Å²) < 4.78 is 0.